The van der Waals surface area contributed by atoms with Gasteiger partial charge in [0.25, 0.3) is 5.91 Å². The molecule has 2 aliphatic rings. The van der Waals surface area contributed by atoms with Crippen molar-refractivity contribution in [3.63, 3.8) is 0 Å². The molecular weight excluding hydrogens is 280 g/mol. The summed E-state index contributed by atoms with van der Waals surface area (Å²) in [7, 11) is 3.57. The molecule has 1 amide bonds. The molecule has 0 bridgehead atoms. The molecule has 1 unspecified atom stereocenters. The number of nitrogens with one attached hydrogen (secondary N) is 1. The SMILES string of the molecule is CNCC1CCN(C(=O)C2=Cc3cccc(OC)c3OC2)C1. The first-order chi connectivity index (χ1) is 10.7. The minimum absolute atomic E-state index is 0.0899. The Hall–Kier alpha value is -2.01. The number of nitrogens with zero attached hydrogens (tertiary/aromatic N) is 1. The molecule has 2 heterocycles. The topological polar surface area (TPSA) is 50.8 Å². The largest absolute Gasteiger partial charge is 0.493 e. The van der Waals surface area contributed by atoms with Crippen LogP contribution in [0.15, 0.2) is 23.8 Å². The van der Waals surface area contributed by atoms with Crippen LogP contribution in [0.4, 0.5) is 0 Å². The lowest BCUT2D eigenvalue weighted by molar-refractivity contribution is -0.126. The number of amides is 1. The molecule has 2 aliphatic heterocycles. The van der Waals surface area contributed by atoms with Crippen molar-refractivity contribution in [2.45, 2.75) is 6.42 Å². The first-order valence-corrected chi connectivity index (χ1v) is 7.67. The van der Waals surface area contributed by atoms with Gasteiger partial charge in [0, 0.05) is 18.7 Å². The van der Waals surface area contributed by atoms with Crippen molar-refractivity contribution in [3.8, 4) is 11.5 Å². The zero-order chi connectivity index (χ0) is 15.5. The summed E-state index contributed by atoms with van der Waals surface area (Å²) < 4.78 is 11.1. The van der Waals surface area contributed by atoms with E-state index in [2.05, 4.69) is 5.32 Å². The molecule has 3 rings (SSSR count). The number of para-hydroxylation sites is 1. The van der Waals surface area contributed by atoms with E-state index >= 15 is 0 Å². The number of fused-ring (bicyclic) bond motifs is 1. The average Bonchev–Trinajstić information content (AvgIpc) is 3.02. The van der Waals surface area contributed by atoms with E-state index in [-0.39, 0.29) is 5.91 Å². The van der Waals surface area contributed by atoms with Gasteiger partial charge in [0.1, 0.15) is 6.61 Å². The zero-order valence-electron chi connectivity index (χ0n) is 13.1. The first kappa shape index (κ1) is 14.9. The van der Waals surface area contributed by atoms with Crippen molar-refractivity contribution in [1.82, 2.24) is 10.2 Å². The molecule has 1 aromatic carbocycles. The summed E-state index contributed by atoms with van der Waals surface area (Å²) in [5, 5.41) is 3.18. The maximum absolute atomic E-state index is 12.6. The predicted octanol–water partition coefficient (Wildman–Crippen LogP) is 1.54. The van der Waals surface area contributed by atoms with Crippen molar-refractivity contribution >= 4 is 12.0 Å². The number of hydrogen-bond acceptors (Lipinski definition) is 4. The van der Waals surface area contributed by atoms with E-state index < -0.39 is 0 Å². The molecule has 0 aromatic heterocycles. The number of methoxy groups -OCH3 is 1. The third kappa shape index (κ3) is 2.81. The molecule has 0 aliphatic carbocycles. The van der Waals surface area contributed by atoms with Gasteiger partial charge in [-0.1, -0.05) is 12.1 Å². The Labute approximate surface area is 130 Å². The zero-order valence-corrected chi connectivity index (χ0v) is 13.1. The van der Waals surface area contributed by atoms with Gasteiger partial charge in [0.15, 0.2) is 11.5 Å². The summed E-state index contributed by atoms with van der Waals surface area (Å²) in [5.41, 5.74) is 1.62. The molecule has 0 spiro atoms. The second-order valence-electron chi connectivity index (χ2n) is 5.80. The van der Waals surface area contributed by atoms with Crippen LogP contribution in [0.1, 0.15) is 12.0 Å². The van der Waals surface area contributed by atoms with Crippen LogP contribution in [0.3, 0.4) is 0 Å². The quantitative estimate of drug-likeness (QED) is 0.916. The van der Waals surface area contributed by atoms with Gasteiger partial charge in [-0.3, -0.25) is 4.79 Å². The van der Waals surface area contributed by atoms with E-state index in [9.17, 15) is 4.79 Å². The Morgan fingerprint density at radius 2 is 2.36 bits per heavy atom. The Kier molecular flexibility index (Phi) is 4.34. The maximum atomic E-state index is 12.6. The summed E-state index contributed by atoms with van der Waals surface area (Å²) in [5.74, 6) is 2.06. The van der Waals surface area contributed by atoms with Crippen molar-refractivity contribution in [1.29, 1.82) is 0 Å². The maximum Gasteiger partial charge on any atom is 0.253 e. The highest BCUT2D eigenvalue weighted by Crippen LogP contribution is 2.36. The predicted molar refractivity (Wildman–Crippen MR) is 85.1 cm³/mol. The molecule has 1 N–H and O–H groups in total. The van der Waals surface area contributed by atoms with Gasteiger partial charge < -0.3 is 19.7 Å². The lowest BCUT2D eigenvalue weighted by Crippen LogP contribution is -2.33. The highest BCUT2D eigenvalue weighted by atomic mass is 16.5. The summed E-state index contributed by atoms with van der Waals surface area (Å²) in [6.45, 7) is 2.91. The van der Waals surface area contributed by atoms with Gasteiger partial charge in [-0.25, -0.2) is 0 Å². The average molecular weight is 302 g/mol. The lowest BCUT2D eigenvalue weighted by atomic mass is 10.1. The lowest BCUT2D eigenvalue weighted by Gasteiger charge is -2.23. The minimum Gasteiger partial charge on any atom is -0.493 e. The molecule has 1 aromatic rings. The van der Waals surface area contributed by atoms with E-state index in [0.717, 1.165) is 37.4 Å². The minimum atomic E-state index is 0.0899. The van der Waals surface area contributed by atoms with Crippen LogP contribution in [-0.4, -0.2) is 51.2 Å². The Morgan fingerprint density at radius 1 is 1.50 bits per heavy atom. The van der Waals surface area contributed by atoms with Gasteiger partial charge in [-0.15, -0.1) is 0 Å². The monoisotopic (exact) mass is 302 g/mol. The van der Waals surface area contributed by atoms with E-state index in [4.69, 9.17) is 9.47 Å². The fourth-order valence-corrected chi connectivity index (χ4v) is 3.14. The van der Waals surface area contributed by atoms with Gasteiger partial charge in [0.05, 0.1) is 12.7 Å². The number of carbonyl (C=O) groups excluding carboxylic acids is 1. The van der Waals surface area contributed by atoms with Crippen LogP contribution >= 0.6 is 0 Å². The number of benzene rings is 1. The molecule has 22 heavy (non-hydrogen) atoms. The van der Waals surface area contributed by atoms with Crippen LogP contribution in [0.5, 0.6) is 11.5 Å². The normalized spacial score (nSPS) is 20.2. The fourth-order valence-electron chi connectivity index (χ4n) is 3.14. The van der Waals surface area contributed by atoms with Gasteiger partial charge in [-0.2, -0.15) is 0 Å². The summed E-state index contributed by atoms with van der Waals surface area (Å²) in [6.07, 6.45) is 2.99. The highest BCUT2D eigenvalue weighted by Gasteiger charge is 2.29. The molecule has 1 saturated heterocycles. The molecule has 1 atom stereocenters. The Morgan fingerprint density at radius 3 is 3.14 bits per heavy atom. The van der Waals surface area contributed by atoms with Crippen LogP contribution < -0.4 is 14.8 Å². The van der Waals surface area contributed by atoms with Crippen molar-refractivity contribution in [2.24, 2.45) is 5.92 Å². The third-order valence-corrected chi connectivity index (χ3v) is 4.27. The molecule has 1 fully saturated rings. The van der Waals surface area contributed by atoms with Crippen molar-refractivity contribution < 1.29 is 14.3 Å². The summed E-state index contributed by atoms with van der Waals surface area (Å²) in [6, 6.07) is 5.71. The second kappa shape index (κ2) is 6.40. The number of carbonyl (C=O) groups is 1. The van der Waals surface area contributed by atoms with Crippen molar-refractivity contribution in [2.75, 3.05) is 40.4 Å². The van der Waals surface area contributed by atoms with Gasteiger partial charge >= 0.3 is 0 Å². The van der Waals surface area contributed by atoms with Crippen LogP contribution in [-0.2, 0) is 4.79 Å². The molecule has 5 nitrogen and oxygen atoms in total. The fraction of sp³-hybridized carbons (Fsp3) is 0.471. The number of ether oxygens (including phenoxy) is 2. The highest BCUT2D eigenvalue weighted by molar-refractivity contribution is 5.99. The van der Waals surface area contributed by atoms with E-state index in [1.807, 2.05) is 36.2 Å². The van der Waals surface area contributed by atoms with Gasteiger partial charge in [0.2, 0.25) is 0 Å². The van der Waals surface area contributed by atoms with E-state index in [1.165, 1.54) is 0 Å². The molecule has 118 valence electrons. The van der Waals surface area contributed by atoms with E-state index in [1.54, 1.807) is 7.11 Å². The number of rotatable bonds is 4. The summed E-state index contributed by atoms with van der Waals surface area (Å²) >= 11 is 0. The van der Waals surface area contributed by atoms with Gasteiger partial charge in [-0.05, 0) is 38.1 Å². The number of likely N-dealkylation sites (tertiary alicyclic amines) is 1. The molecular formula is C17H22N2O3. The second-order valence-corrected chi connectivity index (χ2v) is 5.80. The van der Waals surface area contributed by atoms with Crippen LogP contribution in [0, 0.1) is 5.92 Å². The van der Waals surface area contributed by atoms with Crippen LogP contribution in [0.2, 0.25) is 0 Å². The molecule has 5 heteroatoms. The Balaban J connectivity index is 1.75. The van der Waals surface area contributed by atoms with Crippen molar-refractivity contribution in [3.05, 3.63) is 29.3 Å². The van der Waals surface area contributed by atoms with E-state index in [0.29, 0.717) is 23.8 Å². The third-order valence-electron chi connectivity index (χ3n) is 4.27. The standard InChI is InChI=1S/C17H22N2O3/c1-18-9-12-6-7-19(10-12)17(20)14-8-13-4-3-5-15(21-2)16(13)22-11-14/h3-5,8,12,18H,6-7,9-11H2,1-2H3. The molecule has 0 radical (unpaired) electrons. The number of hydrogen-bond donors (Lipinski definition) is 1. The smallest absolute Gasteiger partial charge is 0.253 e. The molecule has 0 saturated carbocycles. The van der Waals surface area contributed by atoms with Crippen LogP contribution in [0.25, 0.3) is 6.08 Å². The summed E-state index contributed by atoms with van der Waals surface area (Å²) in [4.78, 5) is 14.6. The first-order valence-electron chi connectivity index (χ1n) is 7.67. The Bertz CT molecular complexity index is 598.